The summed E-state index contributed by atoms with van der Waals surface area (Å²) in [5, 5.41) is 0. The molecule has 1 aromatic rings. The standard InChI is InChI=1S/C11H11Br3O2/c1-2-3-8(15)6-16-11-9(13)4-7(12)5-10(11)14/h4-5H,2-3,6H2,1H3. The zero-order chi connectivity index (χ0) is 12.1. The molecule has 1 rings (SSSR count). The van der Waals surface area contributed by atoms with Crippen molar-refractivity contribution in [3.63, 3.8) is 0 Å². The van der Waals surface area contributed by atoms with E-state index in [-0.39, 0.29) is 12.4 Å². The Hall–Kier alpha value is 0.130. The van der Waals surface area contributed by atoms with Gasteiger partial charge < -0.3 is 4.74 Å². The maximum atomic E-state index is 11.3. The monoisotopic (exact) mass is 412 g/mol. The molecule has 5 heteroatoms. The van der Waals surface area contributed by atoms with E-state index in [1.54, 1.807) is 0 Å². The summed E-state index contributed by atoms with van der Waals surface area (Å²) in [6.45, 7) is 2.09. The molecule has 16 heavy (non-hydrogen) atoms. The van der Waals surface area contributed by atoms with Gasteiger partial charge in [0.25, 0.3) is 0 Å². The van der Waals surface area contributed by atoms with Gasteiger partial charge in [-0.1, -0.05) is 22.9 Å². The van der Waals surface area contributed by atoms with E-state index >= 15 is 0 Å². The Kier molecular flexibility index (Phi) is 6.00. The van der Waals surface area contributed by atoms with Crippen molar-refractivity contribution in [1.29, 1.82) is 0 Å². The number of benzene rings is 1. The Balaban J connectivity index is 2.70. The van der Waals surface area contributed by atoms with E-state index < -0.39 is 0 Å². The minimum Gasteiger partial charge on any atom is -0.483 e. The first-order valence-electron chi connectivity index (χ1n) is 4.83. The number of carbonyl (C=O) groups excluding carboxylic acids is 1. The van der Waals surface area contributed by atoms with Crippen LogP contribution in [0.5, 0.6) is 5.75 Å². The highest BCUT2D eigenvalue weighted by molar-refractivity contribution is 9.11. The van der Waals surface area contributed by atoms with Crippen LogP contribution in [-0.4, -0.2) is 12.4 Å². The molecule has 0 aliphatic rings. The lowest BCUT2D eigenvalue weighted by molar-refractivity contribution is -0.121. The molecule has 0 aromatic heterocycles. The predicted octanol–water partition coefficient (Wildman–Crippen LogP) is 4.72. The molecule has 0 spiro atoms. The van der Waals surface area contributed by atoms with Crippen molar-refractivity contribution in [2.75, 3.05) is 6.61 Å². The molecule has 0 aliphatic heterocycles. The average molecular weight is 415 g/mol. The van der Waals surface area contributed by atoms with Gasteiger partial charge in [-0.05, 0) is 50.4 Å². The Morgan fingerprint density at radius 2 is 1.81 bits per heavy atom. The summed E-state index contributed by atoms with van der Waals surface area (Å²) in [5.74, 6) is 0.775. The van der Waals surface area contributed by atoms with Gasteiger partial charge in [0.1, 0.15) is 12.4 Å². The van der Waals surface area contributed by atoms with E-state index in [0.717, 1.165) is 19.8 Å². The van der Waals surface area contributed by atoms with Gasteiger partial charge in [0.2, 0.25) is 0 Å². The molecule has 0 saturated carbocycles. The van der Waals surface area contributed by atoms with Crippen LogP contribution in [0.1, 0.15) is 19.8 Å². The molecule has 88 valence electrons. The summed E-state index contributed by atoms with van der Waals surface area (Å²) < 4.78 is 8.05. The van der Waals surface area contributed by atoms with Gasteiger partial charge in [-0.3, -0.25) is 4.79 Å². The maximum Gasteiger partial charge on any atom is 0.170 e. The molecule has 0 N–H and O–H groups in total. The third-order valence-electron chi connectivity index (χ3n) is 1.87. The molecule has 0 fully saturated rings. The maximum absolute atomic E-state index is 11.3. The smallest absolute Gasteiger partial charge is 0.170 e. The third-order valence-corrected chi connectivity index (χ3v) is 3.51. The Morgan fingerprint density at radius 3 is 2.31 bits per heavy atom. The molecule has 0 heterocycles. The minimum absolute atomic E-state index is 0.115. The number of ether oxygens (including phenoxy) is 1. The number of carbonyl (C=O) groups is 1. The number of hydrogen-bond acceptors (Lipinski definition) is 2. The van der Waals surface area contributed by atoms with Crippen LogP contribution in [0.2, 0.25) is 0 Å². The van der Waals surface area contributed by atoms with Crippen molar-refractivity contribution in [2.45, 2.75) is 19.8 Å². The number of hydrogen-bond donors (Lipinski definition) is 0. The third kappa shape index (κ3) is 4.18. The lowest BCUT2D eigenvalue weighted by Crippen LogP contribution is -2.11. The highest BCUT2D eigenvalue weighted by Gasteiger charge is 2.10. The molecule has 0 radical (unpaired) electrons. The topological polar surface area (TPSA) is 26.3 Å². The molecule has 0 aliphatic carbocycles. The van der Waals surface area contributed by atoms with E-state index in [9.17, 15) is 4.79 Å². The lowest BCUT2D eigenvalue weighted by atomic mass is 10.2. The number of rotatable bonds is 5. The van der Waals surface area contributed by atoms with Crippen LogP contribution < -0.4 is 4.74 Å². The first kappa shape index (κ1) is 14.2. The summed E-state index contributed by atoms with van der Waals surface area (Å²) in [5.41, 5.74) is 0. The van der Waals surface area contributed by atoms with Crippen molar-refractivity contribution >= 4 is 53.6 Å². The fraction of sp³-hybridized carbons (Fsp3) is 0.364. The summed E-state index contributed by atoms with van der Waals surface area (Å²) in [4.78, 5) is 11.3. The van der Waals surface area contributed by atoms with Gasteiger partial charge in [0.15, 0.2) is 5.78 Å². The van der Waals surface area contributed by atoms with Gasteiger partial charge in [-0.2, -0.15) is 0 Å². The van der Waals surface area contributed by atoms with Gasteiger partial charge in [-0.15, -0.1) is 0 Å². The van der Waals surface area contributed by atoms with Gasteiger partial charge >= 0.3 is 0 Å². The Labute approximate surface area is 120 Å². The van der Waals surface area contributed by atoms with Gasteiger partial charge in [0.05, 0.1) is 8.95 Å². The first-order valence-corrected chi connectivity index (χ1v) is 7.21. The second kappa shape index (κ2) is 6.77. The Bertz CT molecular complexity index is 368. The van der Waals surface area contributed by atoms with Crippen molar-refractivity contribution < 1.29 is 9.53 Å². The van der Waals surface area contributed by atoms with Crippen molar-refractivity contribution in [1.82, 2.24) is 0 Å². The van der Waals surface area contributed by atoms with E-state index in [0.29, 0.717) is 12.2 Å². The molecular formula is C11H11Br3O2. The number of Topliss-reactive ketones (excluding diaryl/α,β-unsaturated/α-hetero) is 1. The van der Waals surface area contributed by atoms with Crippen molar-refractivity contribution in [3.8, 4) is 5.75 Å². The van der Waals surface area contributed by atoms with Crippen molar-refractivity contribution in [3.05, 3.63) is 25.6 Å². The summed E-state index contributed by atoms with van der Waals surface area (Å²) in [6.07, 6.45) is 1.41. The van der Waals surface area contributed by atoms with E-state index in [2.05, 4.69) is 47.8 Å². The quantitative estimate of drug-likeness (QED) is 0.696. The fourth-order valence-corrected chi connectivity index (χ4v) is 3.66. The second-order valence-electron chi connectivity index (χ2n) is 3.28. The van der Waals surface area contributed by atoms with Crippen LogP contribution in [0.15, 0.2) is 25.6 Å². The SMILES string of the molecule is CCCC(=O)COc1c(Br)cc(Br)cc1Br. The van der Waals surface area contributed by atoms with Crippen LogP contribution in [0.4, 0.5) is 0 Å². The van der Waals surface area contributed by atoms with E-state index in [1.165, 1.54) is 0 Å². The molecular weight excluding hydrogens is 404 g/mol. The molecule has 1 aromatic carbocycles. The van der Waals surface area contributed by atoms with Crippen LogP contribution in [0.25, 0.3) is 0 Å². The van der Waals surface area contributed by atoms with Gasteiger partial charge in [-0.25, -0.2) is 0 Å². The molecule has 2 nitrogen and oxygen atoms in total. The van der Waals surface area contributed by atoms with Crippen LogP contribution in [0.3, 0.4) is 0 Å². The number of halogens is 3. The lowest BCUT2D eigenvalue weighted by Gasteiger charge is -2.09. The molecule has 0 atom stereocenters. The van der Waals surface area contributed by atoms with Crippen LogP contribution in [0, 0.1) is 0 Å². The van der Waals surface area contributed by atoms with Crippen LogP contribution in [-0.2, 0) is 4.79 Å². The first-order chi connectivity index (χ1) is 7.54. The molecule has 0 saturated heterocycles. The van der Waals surface area contributed by atoms with E-state index in [1.807, 2.05) is 19.1 Å². The summed E-state index contributed by atoms with van der Waals surface area (Å²) in [6, 6.07) is 3.76. The largest absolute Gasteiger partial charge is 0.483 e. The summed E-state index contributed by atoms with van der Waals surface area (Å²) >= 11 is 10.2. The molecule has 0 unspecified atom stereocenters. The molecule has 0 bridgehead atoms. The highest BCUT2D eigenvalue weighted by atomic mass is 79.9. The van der Waals surface area contributed by atoms with Crippen molar-refractivity contribution in [2.24, 2.45) is 0 Å². The fourth-order valence-electron chi connectivity index (χ4n) is 1.17. The van der Waals surface area contributed by atoms with Gasteiger partial charge in [0, 0.05) is 10.9 Å². The highest BCUT2D eigenvalue weighted by Crippen LogP contribution is 2.36. The average Bonchev–Trinajstić information content (AvgIpc) is 2.16. The van der Waals surface area contributed by atoms with E-state index in [4.69, 9.17) is 4.74 Å². The number of ketones is 1. The predicted molar refractivity (Wildman–Crippen MR) is 75.0 cm³/mol. The zero-order valence-electron chi connectivity index (χ0n) is 8.73. The zero-order valence-corrected chi connectivity index (χ0v) is 13.5. The normalized spacial score (nSPS) is 10.2. The minimum atomic E-state index is 0.115. The molecule has 0 amide bonds. The Morgan fingerprint density at radius 1 is 1.25 bits per heavy atom. The second-order valence-corrected chi connectivity index (χ2v) is 5.90. The van der Waals surface area contributed by atoms with Crippen LogP contribution >= 0.6 is 47.8 Å². The summed E-state index contributed by atoms with van der Waals surface area (Å²) in [7, 11) is 0.